The van der Waals surface area contributed by atoms with Crippen molar-refractivity contribution in [3.8, 4) is 0 Å². The van der Waals surface area contributed by atoms with Gasteiger partial charge in [0.2, 0.25) is 0 Å². The molecule has 100 valence electrons. The van der Waals surface area contributed by atoms with Crippen molar-refractivity contribution < 1.29 is 14.7 Å². The monoisotopic (exact) mass is 250 g/mol. The summed E-state index contributed by atoms with van der Waals surface area (Å²) in [6.07, 6.45) is 4.21. The second-order valence-electron chi connectivity index (χ2n) is 6.45. The van der Waals surface area contributed by atoms with E-state index < -0.39 is 11.9 Å². The van der Waals surface area contributed by atoms with Crippen LogP contribution in [0, 0.1) is 22.7 Å². The van der Waals surface area contributed by atoms with Gasteiger partial charge in [-0.3, -0.25) is 9.59 Å². The minimum absolute atomic E-state index is 0.0350. The van der Waals surface area contributed by atoms with E-state index in [1.54, 1.807) is 6.08 Å². The first kappa shape index (κ1) is 13.3. The lowest BCUT2D eigenvalue weighted by Gasteiger charge is -2.31. The van der Waals surface area contributed by atoms with Gasteiger partial charge in [-0.25, -0.2) is 0 Å². The highest BCUT2D eigenvalue weighted by molar-refractivity contribution is 6.05. The van der Waals surface area contributed by atoms with Crippen LogP contribution in [0.5, 0.6) is 0 Å². The van der Waals surface area contributed by atoms with Gasteiger partial charge in [-0.2, -0.15) is 0 Å². The number of carbonyl (C=O) groups is 2. The van der Waals surface area contributed by atoms with E-state index in [9.17, 15) is 9.59 Å². The maximum Gasteiger partial charge on any atom is 0.310 e. The van der Waals surface area contributed by atoms with Crippen molar-refractivity contribution in [2.75, 3.05) is 0 Å². The molecule has 1 N–H and O–H groups in total. The van der Waals surface area contributed by atoms with Crippen LogP contribution in [-0.4, -0.2) is 16.9 Å². The molecule has 0 aliphatic heterocycles. The van der Waals surface area contributed by atoms with Gasteiger partial charge in [0.05, 0.1) is 5.92 Å². The third-order valence-corrected chi connectivity index (χ3v) is 5.50. The summed E-state index contributed by atoms with van der Waals surface area (Å²) in [7, 11) is 0. The molecule has 0 aromatic rings. The third kappa shape index (κ3) is 1.49. The Bertz CT molecular complexity index is 433. The molecule has 0 radical (unpaired) electrons. The molecule has 0 heterocycles. The number of hydrogen-bond donors (Lipinski definition) is 1. The lowest BCUT2D eigenvalue weighted by atomic mass is 9.70. The maximum atomic E-state index is 12.5. The van der Waals surface area contributed by atoms with Crippen molar-refractivity contribution in [1.82, 2.24) is 0 Å². The molecule has 2 aliphatic carbocycles. The summed E-state index contributed by atoms with van der Waals surface area (Å²) >= 11 is 0. The van der Waals surface area contributed by atoms with Crippen molar-refractivity contribution in [3.05, 3.63) is 11.6 Å². The Labute approximate surface area is 108 Å². The average Bonchev–Trinajstić information content (AvgIpc) is 2.59. The number of hydrogen-bond acceptors (Lipinski definition) is 2. The number of rotatable bonds is 3. The summed E-state index contributed by atoms with van der Waals surface area (Å²) in [6.45, 7) is 8.18. The predicted molar refractivity (Wildman–Crippen MR) is 69.1 cm³/mol. The van der Waals surface area contributed by atoms with Gasteiger partial charge >= 0.3 is 5.97 Å². The van der Waals surface area contributed by atoms with Crippen molar-refractivity contribution in [2.45, 2.75) is 47.0 Å². The number of aliphatic carboxylic acids is 1. The van der Waals surface area contributed by atoms with E-state index >= 15 is 0 Å². The minimum Gasteiger partial charge on any atom is -0.481 e. The second-order valence-corrected chi connectivity index (χ2v) is 6.45. The molecule has 0 aromatic carbocycles. The topological polar surface area (TPSA) is 54.4 Å². The lowest BCUT2D eigenvalue weighted by Crippen LogP contribution is -2.32. The van der Waals surface area contributed by atoms with Crippen molar-refractivity contribution in [2.24, 2.45) is 22.7 Å². The van der Waals surface area contributed by atoms with Crippen LogP contribution in [0.2, 0.25) is 0 Å². The number of carboxylic acids is 1. The van der Waals surface area contributed by atoms with Crippen LogP contribution in [0.3, 0.4) is 0 Å². The summed E-state index contributed by atoms with van der Waals surface area (Å²) in [5.41, 5.74) is 0.454. The first-order chi connectivity index (χ1) is 8.25. The molecule has 2 bridgehead atoms. The SMILES string of the molecule is CC[C@@H](/C=C1/C(=O)[C@@]2(C)CC[C@@H]1C2(C)C)C(=O)O. The first-order valence-corrected chi connectivity index (χ1v) is 6.75. The zero-order chi connectivity index (χ0) is 13.7. The Morgan fingerprint density at radius 2 is 2.11 bits per heavy atom. The number of carboxylic acid groups (broad SMARTS) is 1. The second kappa shape index (κ2) is 3.94. The summed E-state index contributed by atoms with van der Waals surface area (Å²) < 4.78 is 0. The van der Waals surface area contributed by atoms with Crippen LogP contribution in [0.1, 0.15) is 47.0 Å². The number of allylic oxidation sites excluding steroid dienone is 1. The van der Waals surface area contributed by atoms with Gasteiger partial charge in [0.25, 0.3) is 0 Å². The molecule has 2 aliphatic rings. The van der Waals surface area contributed by atoms with Gasteiger partial charge in [-0.15, -0.1) is 0 Å². The number of carbonyl (C=O) groups excluding carboxylic acids is 1. The van der Waals surface area contributed by atoms with Crippen LogP contribution < -0.4 is 0 Å². The normalized spacial score (nSPS) is 37.2. The molecule has 2 fully saturated rings. The van der Waals surface area contributed by atoms with Crippen molar-refractivity contribution in [3.63, 3.8) is 0 Å². The fourth-order valence-electron chi connectivity index (χ4n) is 3.70. The molecule has 0 aromatic heterocycles. The summed E-state index contributed by atoms with van der Waals surface area (Å²) in [5, 5.41) is 9.13. The molecule has 2 saturated carbocycles. The van der Waals surface area contributed by atoms with E-state index in [2.05, 4.69) is 13.8 Å². The Kier molecular flexibility index (Phi) is 2.91. The first-order valence-electron chi connectivity index (χ1n) is 6.75. The molecule has 0 saturated heterocycles. The molecule has 3 nitrogen and oxygen atoms in total. The largest absolute Gasteiger partial charge is 0.481 e. The van der Waals surface area contributed by atoms with Gasteiger partial charge in [0.15, 0.2) is 5.78 Å². The van der Waals surface area contributed by atoms with Gasteiger partial charge in [-0.1, -0.05) is 33.8 Å². The van der Waals surface area contributed by atoms with Crippen molar-refractivity contribution in [1.29, 1.82) is 0 Å². The van der Waals surface area contributed by atoms with E-state index in [0.717, 1.165) is 18.4 Å². The van der Waals surface area contributed by atoms with Gasteiger partial charge in [0.1, 0.15) is 0 Å². The number of fused-ring (bicyclic) bond motifs is 2. The van der Waals surface area contributed by atoms with Crippen molar-refractivity contribution >= 4 is 11.8 Å². The van der Waals surface area contributed by atoms with Crippen LogP contribution in [-0.2, 0) is 9.59 Å². The van der Waals surface area contributed by atoms with Crippen LogP contribution in [0.25, 0.3) is 0 Å². The van der Waals surface area contributed by atoms with Gasteiger partial charge in [-0.05, 0) is 36.2 Å². The molecular weight excluding hydrogens is 228 g/mol. The fourth-order valence-corrected chi connectivity index (χ4v) is 3.70. The fraction of sp³-hybridized carbons (Fsp3) is 0.733. The molecular formula is C15H22O3. The van der Waals surface area contributed by atoms with E-state index in [4.69, 9.17) is 5.11 Å². The lowest BCUT2D eigenvalue weighted by molar-refractivity contribution is -0.140. The molecule has 0 unspecified atom stereocenters. The standard InChI is InChI=1S/C15H22O3/c1-5-9(13(17)18)8-10-11-6-7-15(4,12(10)16)14(11,2)3/h8-9,11H,5-7H2,1-4H3,(H,17,18)/b10-8+/t9-,11-,15+/m0/s1. The third-order valence-electron chi connectivity index (χ3n) is 5.50. The highest BCUT2D eigenvalue weighted by Gasteiger charge is 2.63. The quantitative estimate of drug-likeness (QED) is 0.783. The van der Waals surface area contributed by atoms with E-state index in [0.29, 0.717) is 6.42 Å². The molecule has 0 amide bonds. The van der Waals surface area contributed by atoms with Crippen LogP contribution in [0.4, 0.5) is 0 Å². The van der Waals surface area contributed by atoms with E-state index in [-0.39, 0.29) is 22.5 Å². The molecule has 2 rings (SSSR count). The average molecular weight is 250 g/mol. The zero-order valence-electron chi connectivity index (χ0n) is 11.6. The number of Topliss-reactive ketones (excluding diaryl/α,β-unsaturated/α-hetero) is 1. The summed E-state index contributed by atoms with van der Waals surface area (Å²) in [5.74, 6) is -0.932. The van der Waals surface area contributed by atoms with Gasteiger partial charge < -0.3 is 5.11 Å². The Morgan fingerprint density at radius 3 is 2.50 bits per heavy atom. The maximum absolute atomic E-state index is 12.5. The van der Waals surface area contributed by atoms with E-state index in [1.807, 2.05) is 13.8 Å². The Hall–Kier alpha value is -1.12. The highest BCUT2D eigenvalue weighted by Crippen LogP contribution is 2.65. The summed E-state index contributed by atoms with van der Waals surface area (Å²) in [6, 6.07) is 0. The molecule has 3 atom stereocenters. The van der Waals surface area contributed by atoms with Crippen LogP contribution in [0.15, 0.2) is 11.6 Å². The molecule has 0 spiro atoms. The minimum atomic E-state index is -0.830. The van der Waals surface area contributed by atoms with Gasteiger partial charge in [0, 0.05) is 5.41 Å². The van der Waals surface area contributed by atoms with Crippen LogP contribution >= 0.6 is 0 Å². The molecule has 3 heteroatoms. The Morgan fingerprint density at radius 1 is 1.50 bits per heavy atom. The highest BCUT2D eigenvalue weighted by atomic mass is 16.4. The smallest absolute Gasteiger partial charge is 0.310 e. The zero-order valence-corrected chi connectivity index (χ0v) is 11.6. The summed E-state index contributed by atoms with van der Waals surface area (Å²) in [4.78, 5) is 23.6. The Balaban J connectivity index is 2.41. The predicted octanol–water partition coefficient (Wildman–Crippen LogP) is 3.05. The number of ketones is 1. The molecule has 18 heavy (non-hydrogen) atoms. The van der Waals surface area contributed by atoms with E-state index in [1.165, 1.54) is 0 Å².